The molecule has 0 unspecified atom stereocenters. The second-order valence-corrected chi connectivity index (χ2v) is 7.82. The molecular formula is C25H26N2O2. The lowest BCUT2D eigenvalue weighted by Gasteiger charge is -2.42. The van der Waals surface area contributed by atoms with Gasteiger partial charge in [0, 0.05) is 25.5 Å². The Labute approximate surface area is 171 Å². The number of carbonyl (C=O) groups is 1. The highest BCUT2D eigenvalue weighted by Gasteiger charge is 2.42. The molecule has 1 fully saturated rings. The van der Waals surface area contributed by atoms with Crippen LogP contribution in [0.15, 0.2) is 79.1 Å². The van der Waals surface area contributed by atoms with Crippen LogP contribution in [0.3, 0.4) is 0 Å². The highest BCUT2D eigenvalue weighted by atomic mass is 16.3. The van der Waals surface area contributed by atoms with Crippen LogP contribution in [0.4, 0.5) is 0 Å². The Hall–Kier alpha value is -2.98. The third-order valence-corrected chi connectivity index (χ3v) is 5.92. The average Bonchev–Trinajstić information content (AvgIpc) is 2.79. The van der Waals surface area contributed by atoms with Crippen LogP contribution >= 0.6 is 0 Å². The van der Waals surface area contributed by atoms with Crippen molar-refractivity contribution in [1.82, 2.24) is 9.88 Å². The number of pyridine rings is 1. The van der Waals surface area contributed by atoms with Gasteiger partial charge in [0.25, 0.3) is 5.91 Å². The van der Waals surface area contributed by atoms with Gasteiger partial charge in [-0.05, 0) is 48.4 Å². The summed E-state index contributed by atoms with van der Waals surface area (Å²) in [6, 6.07) is 21.6. The van der Waals surface area contributed by atoms with Crippen molar-refractivity contribution in [3.05, 3.63) is 101 Å². The van der Waals surface area contributed by atoms with Gasteiger partial charge in [0.2, 0.25) is 0 Å². The van der Waals surface area contributed by atoms with Crippen molar-refractivity contribution >= 4 is 5.91 Å². The molecule has 1 amide bonds. The van der Waals surface area contributed by atoms with Gasteiger partial charge in [-0.1, -0.05) is 60.7 Å². The molecule has 0 radical (unpaired) electrons. The van der Waals surface area contributed by atoms with E-state index in [0.29, 0.717) is 18.7 Å². The first-order valence-electron chi connectivity index (χ1n) is 10.1. The molecule has 1 aliphatic rings. The van der Waals surface area contributed by atoms with Crippen LogP contribution in [-0.2, 0) is 5.60 Å². The monoisotopic (exact) mass is 386 g/mol. The number of carbonyl (C=O) groups excluding carboxylic acids is 1. The zero-order valence-corrected chi connectivity index (χ0v) is 16.7. The minimum absolute atomic E-state index is 0.0163. The number of rotatable bonds is 4. The zero-order chi connectivity index (χ0) is 20.3. The molecular weight excluding hydrogens is 360 g/mol. The van der Waals surface area contributed by atoms with Crippen LogP contribution < -0.4 is 0 Å². The molecule has 0 saturated carbocycles. The SMILES string of the molecule is Cc1cncc(C(=O)N2CCC(C(O)(c3ccccc3)c3ccccc3)CC2)c1. The Balaban J connectivity index is 1.57. The van der Waals surface area contributed by atoms with Gasteiger partial charge in [0.05, 0.1) is 5.56 Å². The molecule has 1 saturated heterocycles. The fraction of sp³-hybridized carbons (Fsp3) is 0.280. The average molecular weight is 386 g/mol. The van der Waals surface area contributed by atoms with E-state index in [4.69, 9.17) is 0 Å². The summed E-state index contributed by atoms with van der Waals surface area (Å²) in [5.74, 6) is 0.0506. The summed E-state index contributed by atoms with van der Waals surface area (Å²) < 4.78 is 0. The smallest absolute Gasteiger partial charge is 0.255 e. The number of nitrogens with zero attached hydrogens (tertiary/aromatic N) is 2. The summed E-state index contributed by atoms with van der Waals surface area (Å²) in [6.07, 6.45) is 4.87. The number of aromatic nitrogens is 1. The van der Waals surface area contributed by atoms with E-state index in [0.717, 1.165) is 29.5 Å². The van der Waals surface area contributed by atoms with Crippen LogP contribution in [0.25, 0.3) is 0 Å². The summed E-state index contributed by atoms with van der Waals surface area (Å²) in [7, 11) is 0. The van der Waals surface area contributed by atoms with Gasteiger partial charge in [0.1, 0.15) is 5.60 Å². The van der Waals surface area contributed by atoms with Gasteiger partial charge < -0.3 is 10.0 Å². The lowest BCUT2D eigenvalue weighted by Crippen LogP contribution is -2.46. The van der Waals surface area contributed by atoms with Crippen molar-refractivity contribution in [1.29, 1.82) is 0 Å². The molecule has 4 rings (SSSR count). The van der Waals surface area contributed by atoms with Crippen LogP contribution in [0.2, 0.25) is 0 Å². The molecule has 29 heavy (non-hydrogen) atoms. The molecule has 148 valence electrons. The Bertz CT molecular complexity index is 925. The maximum absolute atomic E-state index is 12.9. The first-order chi connectivity index (χ1) is 14.1. The van der Waals surface area contributed by atoms with Crippen molar-refractivity contribution in [2.24, 2.45) is 5.92 Å². The maximum Gasteiger partial charge on any atom is 0.255 e. The van der Waals surface area contributed by atoms with E-state index in [1.165, 1.54) is 0 Å². The topological polar surface area (TPSA) is 53.4 Å². The molecule has 1 N–H and O–H groups in total. The predicted molar refractivity (Wildman–Crippen MR) is 113 cm³/mol. The fourth-order valence-electron chi connectivity index (χ4n) is 4.38. The Kier molecular flexibility index (Phi) is 5.45. The Morgan fingerprint density at radius 2 is 1.52 bits per heavy atom. The normalized spacial score (nSPS) is 15.3. The lowest BCUT2D eigenvalue weighted by atomic mass is 9.72. The third-order valence-electron chi connectivity index (χ3n) is 5.92. The van der Waals surface area contributed by atoms with E-state index in [1.54, 1.807) is 12.4 Å². The molecule has 0 aliphatic carbocycles. The highest BCUT2D eigenvalue weighted by Crippen LogP contribution is 2.42. The number of aryl methyl sites for hydroxylation is 1. The highest BCUT2D eigenvalue weighted by molar-refractivity contribution is 5.94. The van der Waals surface area contributed by atoms with Gasteiger partial charge in [-0.2, -0.15) is 0 Å². The number of aliphatic hydroxyl groups is 1. The van der Waals surface area contributed by atoms with Gasteiger partial charge in [-0.25, -0.2) is 0 Å². The molecule has 1 aliphatic heterocycles. The van der Waals surface area contributed by atoms with E-state index < -0.39 is 5.60 Å². The number of amides is 1. The number of likely N-dealkylation sites (tertiary alicyclic amines) is 1. The van der Waals surface area contributed by atoms with E-state index in [2.05, 4.69) is 4.98 Å². The van der Waals surface area contributed by atoms with Crippen LogP contribution in [0.1, 0.15) is 39.9 Å². The zero-order valence-electron chi connectivity index (χ0n) is 16.7. The quantitative estimate of drug-likeness (QED) is 0.732. The Morgan fingerprint density at radius 3 is 2.03 bits per heavy atom. The first-order valence-corrected chi connectivity index (χ1v) is 10.1. The summed E-state index contributed by atoms with van der Waals surface area (Å²) in [6.45, 7) is 3.19. The summed E-state index contributed by atoms with van der Waals surface area (Å²) >= 11 is 0. The van der Waals surface area contributed by atoms with Crippen molar-refractivity contribution in [3.8, 4) is 0 Å². The van der Waals surface area contributed by atoms with Gasteiger partial charge in [0.15, 0.2) is 0 Å². The van der Waals surface area contributed by atoms with Gasteiger partial charge in [-0.15, -0.1) is 0 Å². The third kappa shape index (κ3) is 3.81. The molecule has 2 heterocycles. The molecule has 4 nitrogen and oxygen atoms in total. The van der Waals surface area contributed by atoms with E-state index in [-0.39, 0.29) is 11.8 Å². The molecule has 0 atom stereocenters. The number of hydrogen-bond acceptors (Lipinski definition) is 3. The lowest BCUT2D eigenvalue weighted by molar-refractivity contribution is -0.0122. The summed E-state index contributed by atoms with van der Waals surface area (Å²) in [5.41, 5.74) is 2.35. The molecule has 0 spiro atoms. The van der Waals surface area contributed by atoms with Crippen LogP contribution in [0, 0.1) is 12.8 Å². The van der Waals surface area contributed by atoms with Gasteiger partial charge >= 0.3 is 0 Å². The van der Waals surface area contributed by atoms with Crippen LogP contribution in [0.5, 0.6) is 0 Å². The first kappa shape index (κ1) is 19.3. The van der Waals surface area contributed by atoms with Gasteiger partial charge in [-0.3, -0.25) is 9.78 Å². The minimum Gasteiger partial charge on any atom is -0.380 e. The van der Waals surface area contributed by atoms with Crippen molar-refractivity contribution < 1.29 is 9.90 Å². The van der Waals surface area contributed by atoms with Crippen molar-refractivity contribution in [2.75, 3.05) is 13.1 Å². The molecule has 4 heteroatoms. The van der Waals surface area contributed by atoms with Crippen molar-refractivity contribution in [3.63, 3.8) is 0 Å². The molecule has 1 aromatic heterocycles. The Morgan fingerprint density at radius 1 is 0.966 bits per heavy atom. The molecule has 3 aromatic rings. The van der Waals surface area contributed by atoms with Crippen LogP contribution in [-0.4, -0.2) is 34.0 Å². The standard InChI is InChI=1S/C25H26N2O2/c1-19-16-20(18-26-17-19)24(28)27-14-12-23(13-15-27)25(29,21-8-4-2-5-9-21)22-10-6-3-7-11-22/h2-11,16-18,23,29H,12-15H2,1H3. The number of hydrogen-bond donors (Lipinski definition) is 1. The maximum atomic E-state index is 12.9. The molecule has 0 bridgehead atoms. The minimum atomic E-state index is -1.07. The summed E-state index contributed by atoms with van der Waals surface area (Å²) in [5, 5.41) is 11.9. The second kappa shape index (κ2) is 8.18. The number of benzene rings is 2. The number of piperidine rings is 1. The van der Waals surface area contributed by atoms with Crippen molar-refractivity contribution in [2.45, 2.75) is 25.4 Å². The predicted octanol–water partition coefficient (Wildman–Crippen LogP) is 4.18. The second-order valence-electron chi connectivity index (χ2n) is 7.82. The summed E-state index contributed by atoms with van der Waals surface area (Å²) in [4.78, 5) is 18.9. The van der Waals surface area contributed by atoms with E-state index >= 15 is 0 Å². The van der Waals surface area contributed by atoms with E-state index in [9.17, 15) is 9.90 Å². The fourth-order valence-corrected chi connectivity index (χ4v) is 4.38. The largest absolute Gasteiger partial charge is 0.380 e. The molecule has 2 aromatic carbocycles. The van der Waals surface area contributed by atoms with E-state index in [1.807, 2.05) is 78.6 Å².